The number of pyridine rings is 1. The molecule has 0 radical (unpaired) electrons. The van der Waals surface area contributed by atoms with Crippen molar-refractivity contribution in [1.29, 1.82) is 0 Å². The van der Waals surface area contributed by atoms with E-state index in [9.17, 15) is 4.79 Å². The fraction of sp³-hybridized carbons (Fsp3) is 0.545. The molecule has 5 heteroatoms. The summed E-state index contributed by atoms with van der Waals surface area (Å²) in [5.74, 6) is 0.532. The molecule has 4 nitrogen and oxygen atoms in total. The smallest absolute Gasteiger partial charge is 0.253 e. The summed E-state index contributed by atoms with van der Waals surface area (Å²) in [6.45, 7) is 7.92. The molecule has 1 aliphatic rings. The Labute approximate surface area is 167 Å². The van der Waals surface area contributed by atoms with Crippen LogP contribution in [0, 0.1) is 5.92 Å². The first kappa shape index (κ1) is 19.9. The van der Waals surface area contributed by atoms with Crippen LogP contribution in [0.5, 0.6) is 0 Å². The highest BCUT2D eigenvalue weighted by Crippen LogP contribution is 2.25. The molecule has 1 aromatic carbocycles. The Morgan fingerprint density at radius 3 is 2.70 bits per heavy atom. The van der Waals surface area contributed by atoms with E-state index in [1.54, 1.807) is 0 Å². The van der Waals surface area contributed by atoms with Crippen molar-refractivity contribution in [3.8, 4) is 0 Å². The molecule has 2 N–H and O–H groups in total. The van der Waals surface area contributed by atoms with Gasteiger partial charge in [-0.05, 0) is 66.5 Å². The zero-order chi connectivity index (χ0) is 19.4. The van der Waals surface area contributed by atoms with Gasteiger partial charge in [0.25, 0.3) is 5.56 Å². The summed E-state index contributed by atoms with van der Waals surface area (Å²) in [6, 6.07) is 8.72. The number of fused-ring (bicyclic) bond motifs is 1. The molecule has 0 aliphatic heterocycles. The van der Waals surface area contributed by atoms with Crippen LogP contribution in [0.3, 0.4) is 0 Å². The quantitative estimate of drug-likeness (QED) is 0.725. The molecule has 1 aromatic heterocycles. The number of benzene rings is 1. The first-order valence-corrected chi connectivity index (χ1v) is 10.6. The average Bonchev–Trinajstić information content (AvgIpc) is 3.18. The highest BCUT2D eigenvalue weighted by atomic mass is 32.1. The molecule has 27 heavy (non-hydrogen) atoms. The number of aromatic nitrogens is 1. The summed E-state index contributed by atoms with van der Waals surface area (Å²) in [6.07, 6.45) is 5.76. The van der Waals surface area contributed by atoms with Gasteiger partial charge in [-0.3, -0.25) is 4.79 Å². The number of hydrogen-bond acceptors (Lipinski definition) is 2. The third-order valence-corrected chi connectivity index (χ3v) is 5.80. The highest BCUT2D eigenvalue weighted by molar-refractivity contribution is 7.80. The number of aromatic amines is 1. The Bertz CT molecular complexity index is 852. The summed E-state index contributed by atoms with van der Waals surface area (Å²) in [5.41, 5.74) is 2.95. The van der Waals surface area contributed by atoms with Crippen molar-refractivity contribution in [2.45, 2.75) is 65.5 Å². The lowest BCUT2D eigenvalue weighted by Gasteiger charge is -2.32. The third-order valence-electron chi connectivity index (χ3n) is 5.42. The van der Waals surface area contributed by atoms with Crippen LogP contribution in [-0.4, -0.2) is 27.6 Å². The summed E-state index contributed by atoms with van der Waals surface area (Å²) >= 11 is 5.71. The van der Waals surface area contributed by atoms with Gasteiger partial charge < -0.3 is 15.2 Å². The third kappa shape index (κ3) is 4.89. The molecule has 1 saturated carbocycles. The van der Waals surface area contributed by atoms with Gasteiger partial charge in [-0.2, -0.15) is 0 Å². The van der Waals surface area contributed by atoms with Crippen LogP contribution in [0.2, 0.25) is 0 Å². The summed E-state index contributed by atoms with van der Waals surface area (Å²) in [5, 5.41) is 5.27. The molecule has 0 atom stereocenters. The summed E-state index contributed by atoms with van der Waals surface area (Å²) in [7, 11) is 0. The number of aryl methyl sites for hydroxylation is 1. The Balaban J connectivity index is 1.88. The first-order chi connectivity index (χ1) is 13.0. The topological polar surface area (TPSA) is 48.1 Å². The number of rotatable bonds is 6. The molecular weight excluding hydrogens is 354 g/mol. The van der Waals surface area contributed by atoms with Gasteiger partial charge in [0.2, 0.25) is 0 Å². The molecule has 3 rings (SSSR count). The van der Waals surface area contributed by atoms with E-state index >= 15 is 0 Å². The van der Waals surface area contributed by atoms with Crippen LogP contribution < -0.4 is 10.9 Å². The minimum absolute atomic E-state index is 0.0126. The zero-order valence-electron chi connectivity index (χ0n) is 16.7. The number of H-pyrrole nitrogens is 1. The minimum atomic E-state index is -0.0126. The van der Waals surface area contributed by atoms with Gasteiger partial charge in [0, 0.05) is 23.7 Å². The van der Waals surface area contributed by atoms with E-state index in [-0.39, 0.29) is 5.56 Å². The maximum Gasteiger partial charge on any atom is 0.253 e. The molecule has 0 bridgehead atoms. The standard InChI is InChI=1S/C22H31N3OS/c1-4-16-9-10-20-17(11-16)12-18(21(26)24-20)14-25(19-7-5-6-8-19)22(27)23-13-15(2)3/h9-12,15,19H,4-8,13-14H2,1-3H3,(H,23,27)(H,24,26). The van der Waals surface area contributed by atoms with Crippen molar-refractivity contribution in [1.82, 2.24) is 15.2 Å². The summed E-state index contributed by atoms with van der Waals surface area (Å²) < 4.78 is 0. The fourth-order valence-electron chi connectivity index (χ4n) is 3.80. The van der Waals surface area contributed by atoms with Gasteiger partial charge in [0.15, 0.2) is 5.11 Å². The second-order valence-electron chi connectivity index (χ2n) is 8.04. The summed E-state index contributed by atoms with van der Waals surface area (Å²) in [4.78, 5) is 18.0. The number of hydrogen-bond donors (Lipinski definition) is 2. The largest absolute Gasteiger partial charge is 0.362 e. The van der Waals surface area contributed by atoms with E-state index in [2.05, 4.69) is 48.1 Å². The van der Waals surface area contributed by atoms with Gasteiger partial charge in [-0.25, -0.2) is 0 Å². The monoisotopic (exact) mass is 385 g/mol. The Kier molecular flexibility index (Phi) is 6.53. The lowest BCUT2D eigenvalue weighted by Crippen LogP contribution is -2.46. The van der Waals surface area contributed by atoms with Crippen LogP contribution in [0.4, 0.5) is 0 Å². The van der Waals surface area contributed by atoms with E-state index < -0.39 is 0 Å². The van der Waals surface area contributed by atoms with Crippen LogP contribution >= 0.6 is 12.2 Å². The fourth-order valence-corrected chi connectivity index (χ4v) is 4.09. The predicted octanol–water partition coefficient (Wildman–Crippen LogP) is 4.37. The minimum Gasteiger partial charge on any atom is -0.362 e. The van der Waals surface area contributed by atoms with Crippen molar-refractivity contribution >= 4 is 28.2 Å². The van der Waals surface area contributed by atoms with Crippen LogP contribution in [-0.2, 0) is 13.0 Å². The molecular formula is C22H31N3OS. The van der Waals surface area contributed by atoms with E-state index in [0.29, 0.717) is 18.5 Å². The Morgan fingerprint density at radius 2 is 2.04 bits per heavy atom. The van der Waals surface area contributed by atoms with Gasteiger partial charge in [0.1, 0.15) is 0 Å². The van der Waals surface area contributed by atoms with Crippen molar-refractivity contribution < 1.29 is 0 Å². The Hall–Kier alpha value is -1.88. The average molecular weight is 386 g/mol. The molecule has 1 aliphatic carbocycles. The second-order valence-corrected chi connectivity index (χ2v) is 8.43. The van der Waals surface area contributed by atoms with Crippen molar-refractivity contribution in [2.75, 3.05) is 6.54 Å². The van der Waals surface area contributed by atoms with Crippen molar-refractivity contribution in [3.63, 3.8) is 0 Å². The normalized spacial score (nSPS) is 14.8. The lowest BCUT2D eigenvalue weighted by atomic mass is 10.1. The van der Waals surface area contributed by atoms with Gasteiger partial charge >= 0.3 is 0 Å². The molecule has 0 spiro atoms. The number of thiocarbonyl (C=S) groups is 1. The van der Waals surface area contributed by atoms with Crippen LogP contribution in [0.1, 0.15) is 57.6 Å². The van der Waals surface area contributed by atoms with Crippen LogP contribution in [0.15, 0.2) is 29.1 Å². The molecule has 1 heterocycles. The highest BCUT2D eigenvalue weighted by Gasteiger charge is 2.25. The van der Waals surface area contributed by atoms with E-state index in [0.717, 1.165) is 47.4 Å². The second kappa shape index (κ2) is 8.87. The first-order valence-electron chi connectivity index (χ1n) is 10.2. The zero-order valence-corrected chi connectivity index (χ0v) is 17.5. The van der Waals surface area contributed by atoms with Crippen LogP contribution in [0.25, 0.3) is 10.9 Å². The van der Waals surface area contributed by atoms with Gasteiger partial charge in [-0.1, -0.05) is 39.7 Å². The molecule has 0 saturated heterocycles. The molecule has 0 unspecified atom stereocenters. The lowest BCUT2D eigenvalue weighted by molar-refractivity contribution is 0.301. The van der Waals surface area contributed by atoms with Gasteiger partial charge in [-0.15, -0.1) is 0 Å². The number of nitrogens with one attached hydrogen (secondary N) is 2. The molecule has 146 valence electrons. The van der Waals surface area contributed by atoms with Crippen molar-refractivity contribution in [3.05, 3.63) is 45.7 Å². The molecule has 2 aromatic rings. The predicted molar refractivity (Wildman–Crippen MR) is 117 cm³/mol. The van der Waals surface area contributed by atoms with E-state index in [1.807, 2.05) is 12.1 Å². The Morgan fingerprint density at radius 1 is 1.30 bits per heavy atom. The molecule has 1 fully saturated rings. The van der Waals surface area contributed by atoms with E-state index in [4.69, 9.17) is 12.2 Å². The maximum absolute atomic E-state index is 12.7. The molecule has 0 amide bonds. The maximum atomic E-state index is 12.7. The SMILES string of the molecule is CCc1ccc2[nH]c(=O)c(CN(C(=S)NCC(C)C)C3CCCC3)cc2c1. The number of nitrogens with zero attached hydrogens (tertiary/aromatic N) is 1. The van der Waals surface area contributed by atoms with E-state index in [1.165, 1.54) is 18.4 Å². The van der Waals surface area contributed by atoms with Gasteiger partial charge in [0.05, 0.1) is 6.54 Å². The van der Waals surface area contributed by atoms with Crippen molar-refractivity contribution in [2.24, 2.45) is 5.92 Å².